The van der Waals surface area contributed by atoms with Crippen molar-refractivity contribution in [3.05, 3.63) is 65.5 Å². The van der Waals surface area contributed by atoms with Crippen LogP contribution in [-0.2, 0) is 17.7 Å². The van der Waals surface area contributed by atoms with Gasteiger partial charge < -0.3 is 4.74 Å². The minimum atomic E-state index is -4.41. The number of nitrogens with zero attached hydrogens (tertiary/aromatic N) is 3. The fraction of sp³-hybridized carbons (Fsp3) is 0.478. The van der Waals surface area contributed by atoms with Gasteiger partial charge in [-0.15, -0.1) is 0 Å². The molecule has 1 aromatic heterocycles. The van der Waals surface area contributed by atoms with E-state index in [0.717, 1.165) is 11.3 Å². The first-order chi connectivity index (χ1) is 14.4. The number of likely N-dealkylation sites (tertiary alicyclic amines) is 1. The predicted octanol–water partition coefficient (Wildman–Crippen LogP) is 4.50. The quantitative estimate of drug-likeness (QED) is 0.697. The third-order valence-electron chi connectivity index (χ3n) is 6.64. The van der Waals surface area contributed by atoms with Crippen LogP contribution in [0.3, 0.4) is 0 Å². The van der Waals surface area contributed by atoms with Crippen molar-refractivity contribution in [3.8, 4) is 6.07 Å². The molecule has 7 heteroatoms. The molecule has 2 saturated heterocycles. The van der Waals surface area contributed by atoms with Crippen LogP contribution in [0.5, 0.6) is 0 Å². The van der Waals surface area contributed by atoms with Crippen molar-refractivity contribution in [2.24, 2.45) is 5.41 Å². The van der Waals surface area contributed by atoms with Gasteiger partial charge in [-0.25, -0.2) is 0 Å². The number of rotatable bonds is 6. The lowest BCUT2D eigenvalue weighted by Gasteiger charge is -2.54. The van der Waals surface area contributed by atoms with Crippen molar-refractivity contribution in [2.45, 2.75) is 44.0 Å². The Balaban J connectivity index is 1.57. The molecule has 3 heterocycles. The minimum Gasteiger partial charge on any atom is -0.365 e. The molecule has 0 amide bonds. The first kappa shape index (κ1) is 20.8. The highest BCUT2D eigenvalue weighted by Gasteiger charge is 2.71. The molecular weight excluding hydrogens is 391 g/mol. The average molecular weight is 415 g/mol. The Morgan fingerprint density at radius 2 is 1.90 bits per heavy atom. The van der Waals surface area contributed by atoms with E-state index < -0.39 is 17.2 Å². The summed E-state index contributed by atoms with van der Waals surface area (Å²) in [5.74, 6) is 0. The Morgan fingerprint density at radius 3 is 2.47 bits per heavy atom. The molecule has 2 atom stereocenters. The standard InChI is InChI=1S/C23H24F3N3O/c24-23(25,26)22(11-14-30-22)21(9-8-18-4-6-19(15-27)7-5-18)10-13-29(17-21)16-20-3-1-2-12-28-20/h1-7,12H,8-11,13-14,16-17H2/t21-,22?/m1/s1. The lowest BCUT2D eigenvalue weighted by molar-refractivity contribution is -0.366. The molecule has 0 bridgehead atoms. The normalized spacial score (nSPS) is 26.9. The summed E-state index contributed by atoms with van der Waals surface area (Å²) >= 11 is 0. The molecule has 4 rings (SSSR count). The molecule has 2 fully saturated rings. The molecule has 2 aliphatic rings. The first-order valence-electron chi connectivity index (χ1n) is 10.2. The first-order valence-corrected chi connectivity index (χ1v) is 10.2. The summed E-state index contributed by atoms with van der Waals surface area (Å²) in [7, 11) is 0. The van der Waals surface area contributed by atoms with Crippen LogP contribution in [0.25, 0.3) is 0 Å². The Labute approximate surface area is 174 Å². The van der Waals surface area contributed by atoms with Crippen molar-refractivity contribution >= 4 is 0 Å². The summed E-state index contributed by atoms with van der Waals surface area (Å²) in [5.41, 5.74) is -0.730. The SMILES string of the molecule is N#Cc1ccc(CC[C@@]2(C3(C(F)(F)F)CCO3)CCN(Cc3ccccn3)C2)cc1. The lowest BCUT2D eigenvalue weighted by atomic mass is 9.63. The Kier molecular flexibility index (Phi) is 5.56. The number of aromatic nitrogens is 1. The van der Waals surface area contributed by atoms with Gasteiger partial charge in [0, 0.05) is 31.1 Å². The molecule has 4 nitrogen and oxygen atoms in total. The maximum atomic E-state index is 14.2. The van der Waals surface area contributed by atoms with Crippen molar-refractivity contribution < 1.29 is 17.9 Å². The van der Waals surface area contributed by atoms with Gasteiger partial charge in [-0.05, 0) is 55.6 Å². The topological polar surface area (TPSA) is 49.1 Å². The number of alkyl halides is 3. The van der Waals surface area contributed by atoms with Gasteiger partial charge in [0.2, 0.25) is 0 Å². The fourth-order valence-electron chi connectivity index (χ4n) is 4.93. The molecule has 0 spiro atoms. The number of ether oxygens (including phenoxy) is 1. The van der Waals surface area contributed by atoms with E-state index in [0.29, 0.717) is 44.5 Å². The van der Waals surface area contributed by atoms with E-state index in [9.17, 15) is 13.2 Å². The van der Waals surface area contributed by atoms with E-state index in [1.54, 1.807) is 18.3 Å². The highest BCUT2D eigenvalue weighted by Crippen LogP contribution is 2.59. The summed E-state index contributed by atoms with van der Waals surface area (Å²) in [4.78, 5) is 6.39. The second kappa shape index (κ2) is 8.01. The van der Waals surface area contributed by atoms with Crippen LogP contribution >= 0.6 is 0 Å². The van der Waals surface area contributed by atoms with Gasteiger partial charge >= 0.3 is 6.18 Å². The van der Waals surface area contributed by atoms with Gasteiger partial charge in [0.05, 0.1) is 23.9 Å². The summed E-state index contributed by atoms with van der Waals surface area (Å²) < 4.78 is 48.1. The lowest BCUT2D eigenvalue weighted by Crippen LogP contribution is -2.67. The predicted molar refractivity (Wildman–Crippen MR) is 105 cm³/mol. The van der Waals surface area contributed by atoms with Crippen LogP contribution in [0.2, 0.25) is 0 Å². The monoisotopic (exact) mass is 415 g/mol. The van der Waals surface area contributed by atoms with E-state index in [2.05, 4.69) is 16.0 Å². The third kappa shape index (κ3) is 3.70. The van der Waals surface area contributed by atoms with E-state index in [1.807, 2.05) is 30.3 Å². The second-order valence-corrected chi connectivity index (χ2v) is 8.29. The number of benzene rings is 1. The van der Waals surface area contributed by atoms with Crippen molar-refractivity contribution in [3.63, 3.8) is 0 Å². The Hall–Kier alpha value is -2.43. The molecule has 2 aromatic rings. The van der Waals surface area contributed by atoms with Gasteiger partial charge in [-0.2, -0.15) is 18.4 Å². The summed E-state index contributed by atoms with van der Waals surface area (Å²) in [6, 6.07) is 14.8. The Morgan fingerprint density at radius 1 is 1.13 bits per heavy atom. The number of nitriles is 1. The van der Waals surface area contributed by atoms with Crippen molar-refractivity contribution in [2.75, 3.05) is 19.7 Å². The largest absolute Gasteiger partial charge is 0.418 e. The zero-order valence-corrected chi connectivity index (χ0v) is 16.7. The summed E-state index contributed by atoms with van der Waals surface area (Å²) in [6.07, 6.45) is -1.34. The average Bonchev–Trinajstić information content (AvgIpc) is 3.09. The van der Waals surface area contributed by atoms with Gasteiger partial charge in [0.1, 0.15) is 0 Å². The van der Waals surface area contributed by atoms with Crippen LogP contribution < -0.4 is 0 Å². The van der Waals surface area contributed by atoms with Crippen LogP contribution in [-0.4, -0.2) is 41.4 Å². The van der Waals surface area contributed by atoms with Crippen LogP contribution in [0.4, 0.5) is 13.2 Å². The fourth-order valence-corrected chi connectivity index (χ4v) is 4.93. The molecule has 30 heavy (non-hydrogen) atoms. The van der Waals surface area contributed by atoms with Crippen LogP contribution in [0.1, 0.15) is 36.1 Å². The molecular formula is C23H24F3N3O. The smallest absolute Gasteiger partial charge is 0.365 e. The number of halogens is 3. The minimum absolute atomic E-state index is 0.0152. The van der Waals surface area contributed by atoms with E-state index in [-0.39, 0.29) is 13.0 Å². The summed E-state index contributed by atoms with van der Waals surface area (Å²) in [6.45, 7) is 1.61. The molecule has 0 radical (unpaired) electrons. The molecule has 1 aromatic carbocycles. The molecule has 0 saturated carbocycles. The zero-order chi connectivity index (χ0) is 21.2. The second-order valence-electron chi connectivity index (χ2n) is 8.29. The Bertz CT molecular complexity index is 904. The molecule has 0 aliphatic carbocycles. The molecule has 158 valence electrons. The number of aryl methyl sites for hydroxylation is 1. The van der Waals surface area contributed by atoms with Crippen molar-refractivity contribution in [1.82, 2.24) is 9.88 Å². The van der Waals surface area contributed by atoms with E-state index in [1.165, 1.54) is 0 Å². The number of pyridine rings is 1. The zero-order valence-electron chi connectivity index (χ0n) is 16.7. The van der Waals surface area contributed by atoms with Gasteiger partial charge in [-0.1, -0.05) is 18.2 Å². The third-order valence-corrected chi connectivity index (χ3v) is 6.64. The van der Waals surface area contributed by atoms with Gasteiger partial charge in [-0.3, -0.25) is 9.88 Å². The highest BCUT2D eigenvalue weighted by atomic mass is 19.4. The maximum absolute atomic E-state index is 14.2. The van der Waals surface area contributed by atoms with Gasteiger partial charge in [0.15, 0.2) is 5.60 Å². The van der Waals surface area contributed by atoms with Crippen LogP contribution in [0.15, 0.2) is 48.7 Å². The van der Waals surface area contributed by atoms with Gasteiger partial charge in [0.25, 0.3) is 0 Å². The van der Waals surface area contributed by atoms with Crippen LogP contribution in [0, 0.1) is 16.7 Å². The number of hydrogen-bond acceptors (Lipinski definition) is 4. The number of hydrogen-bond donors (Lipinski definition) is 0. The molecule has 2 aliphatic heterocycles. The highest BCUT2D eigenvalue weighted by molar-refractivity contribution is 5.32. The molecule has 0 N–H and O–H groups in total. The molecule has 1 unspecified atom stereocenters. The van der Waals surface area contributed by atoms with E-state index in [4.69, 9.17) is 10.00 Å². The van der Waals surface area contributed by atoms with Crippen molar-refractivity contribution in [1.29, 1.82) is 5.26 Å². The maximum Gasteiger partial charge on any atom is 0.418 e. The summed E-state index contributed by atoms with van der Waals surface area (Å²) in [5, 5.41) is 8.96. The van der Waals surface area contributed by atoms with E-state index >= 15 is 0 Å².